The highest BCUT2D eigenvalue weighted by atomic mass is 35.5. The fraction of sp³-hybridized carbons (Fsp3) is 0.429. The fourth-order valence-corrected chi connectivity index (χ4v) is 2.78. The first-order valence-corrected chi connectivity index (χ1v) is 7.67. The van der Waals surface area contributed by atoms with E-state index in [0.717, 1.165) is 28.9 Å². The van der Waals surface area contributed by atoms with Gasteiger partial charge in [-0.2, -0.15) is 0 Å². The molecule has 2 aromatic heterocycles. The zero-order chi connectivity index (χ0) is 14.8. The third-order valence-corrected chi connectivity index (χ3v) is 4.01. The lowest BCUT2D eigenvalue weighted by Gasteiger charge is -2.18. The summed E-state index contributed by atoms with van der Waals surface area (Å²) in [4.78, 5) is 10.1. The van der Waals surface area contributed by atoms with Gasteiger partial charge in [-0.25, -0.2) is 9.97 Å². The van der Waals surface area contributed by atoms with E-state index in [1.807, 2.05) is 12.1 Å². The molecule has 0 unspecified atom stereocenters. The van der Waals surface area contributed by atoms with E-state index in [1.54, 1.807) is 17.4 Å². The van der Waals surface area contributed by atoms with E-state index in [0.29, 0.717) is 5.82 Å². The van der Waals surface area contributed by atoms with Crippen molar-refractivity contribution in [3.05, 3.63) is 33.2 Å². The van der Waals surface area contributed by atoms with E-state index in [4.69, 9.17) is 17.3 Å². The number of anilines is 2. The molecule has 0 aliphatic heterocycles. The molecule has 0 fully saturated rings. The number of hydrogen-bond donors (Lipinski definition) is 2. The number of rotatable bonds is 4. The number of hydrogen-bond acceptors (Lipinski definition) is 5. The predicted octanol–water partition coefficient (Wildman–Crippen LogP) is 3.73. The van der Waals surface area contributed by atoms with Gasteiger partial charge >= 0.3 is 0 Å². The van der Waals surface area contributed by atoms with Gasteiger partial charge in [0.25, 0.3) is 0 Å². The van der Waals surface area contributed by atoms with Gasteiger partial charge in [-0.05, 0) is 18.6 Å². The predicted molar refractivity (Wildman–Crippen MR) is 86.7 cm³/mol. The van der Waals surface area contributed by atoms with E-state index in [-0.39, 0.29) is 5.41 Å². The molecule has 2 aromatic rings. The number of thiophene rings is 1. The largest absolute Gasteiger partial charge is 0.384 e. The molecular weight excluding hydrogens is 292 g/mol. The van der Waals surface area contributed by atoms with Crippen LogP contribution in [0.3, 0.4) is 0 Å². The Labute approximate surface area is 128 Å². The molecule has 0 saturated carbocycles. The smallest absolute Gasteiger partial charge is 0.138 e. The Morgan fingerprint density at radius 1 is 1.30 bits per heavy atom. The van der Waals surface area contributed by atoms with Gasteiger partial charge in [0.15, 0.2) is 0 Å². The van der Waals surface area contributed by atoms with Gasteiger partial charge < -0.3 is 11.1 Å². The van der Waals surface area contributed by atoms with Crippen molar-refractivity contribution in [3.8, 4) is 0 Å². The number of nitrogens with one attached hydrogen (secondary N) is 1. The van der Waals surface area contributed by atoms with Crippen molar-refractivity contribution in [2.75, 3.05) is 17.6 Å². The Kier molecular flexibility index (Phi) is 4.50. The first-order valence-electron chi connectivity index (χ1n) is 6.48. The summed E-state index contributed by atoms with van der Waals surface area (Å²) < 4.78 is 0.821. The Bertz CT molecular complexity index is 589. The van der Waals surface area contributed by atoms with Crippen LogP contribution in [0.5, 0.6) is 0 Å². The zero-order valence-corrected chi connectivity index (χ0v) is 13.5. The normalized spacial score (nSPS) is 11.6. The molecule has 0 aliphatic carbocycles. The van der Waals surface area contributed by atoms with Crippen molar-refractivity contribution < 1.29 is 0 Å². The molecule has 108 valence electrons. The number of nitrogen functional groups attached to an aromatic ring is 1. The van der Waals surface area contributed by atoms with Gasteiger partial charge in [0, 0.05) is 22.9 Å². The van der Waals surface area contributed by atoms with Crippen LogP contribution in [-0.4, -0.2) is 16.5 Å². The minimum atomic E-state index is -0.118. The second-order valence-corrected chi connectivity index (χ2v) is 7.43. The van der Waals surface area contributed by atoms with Crippen LogP contribution in [0.15, 0.2) is 18.2 Å². The van der Waals surface area contributed by atoms with Crippen LogP contribution < -0.4 is 11.1 Å². The maximum Gasteiger partial charge on any atom is 0.138 e. The molecule has 4 nitrogen and oxygen atoms in total. The number of aromatic nitrogens is 2. The fourth-order valence-electron chi connectivity index (χ4n) is 1.69. The van der Waals surface area contributed by atoms with Crippen molar-refractivity contribution in [2.24, 2.45) is 0 Å². The van der Waals surface area contributed by atoms with Crippen LogP contribution in [0.25, 0.3) is 0 Å². The van der Waals surface area contributed by atoms with E-state index >= 15 is 0 Å². The lowest BCUT2D eigenvalue weighted by atomic mass is 9.96. The summed E-state index contributed by atoms with van der Waals surface area (Å²) in [7, 11) is 0. The number of halogens is 1. The van der Waals surface area contributed by atoms with Crippen LogP contribution in [0.4, 0.5) is 11.6 Å². The molecule has 0 amide bonds. The second-order valence-electron chi connectivity index (χ2n) is 5.63. The summed E-state index contributed by atoms with van der Waals surface area (Å²) in [5, 5.41) is 3.29. The van der Waals surface area contributed by atoms with Crippen molar-refractivity contribution in [1.29, 1.82) is 0 Å². The summed E-state index contributed by atoms with van der Waals surface area (Å²) in [5.41, 5.74) is 5.72. The van der Waals surface area contributed by atoms with Crippen LogP contribution in [0, 0.1) is 0 Å². The van der Waals surface area contributed by atoms with Crippen molar-refractivity contribution in [1.82, 2.24) is 9.97 Å². The molecule has 0 spiro atoms. The Morgan fingerprint density at radius 2 is 2.05 bits per heavy atom. The van der Waals surface area contributed by atoms with Crippen LogP contribution >= 0.6 is 22.9 Å². The van der Waals surface area contributed by atoms with E-state index in [1.165, 1.54) is 4.88 Å². The second kappa shape index (κ2) is 5.97. The molecular formula is C14H19ClN4S. The average Bonchev–Trinajstić information content (AvgIpc) is 2.73. The molecule has 0 bridgehead atoms. The Balaban J connectivity index is 2.00. The summed E-state index contributed by atoms with van der Waals surface area (Å²) >= 11 is 7.51. The maximum atomic E-state index is 5.91. The Morgan fingerprint density at radius 3 is 2.65 bits per heavy atom. The minimum absolute atomic E-state index is 0.118. The molecule has 6 heteroatoms. The Hall–Kier alpha value is -1.33. The zero-order valence-electron chi connectivity index (χ0n) is 11.9. The highest BCUT2D eigenvalue weighted by Gasteiger charge is 2.18. The van der Waals surface area contributed by atoms with Crippen molar-refractivity contribution >= 4 is 34.6 Å². The molecule has 0 aromatic carbocycles. The van der Waals surface area contributed by atoms with Crippen LogP contribution in [0.2, 0.25) is 4.34 Å². The number of nitrogens with zero attached hydrogens (tertiary/aromatic N) is 2. The van der Waals surface area contributed by atoms with Crippen molar-refractivity contribution in [2.45, 2.75) is 32.6 Å². The summed E-state index contributed by atoms with van der Waals surface area (Å²) in [6.07, 6.45) is 0.909. The van der Waals surface area contributed by atoms with Gasteiger partial charge in [-0.1, -0.05) is 32.4 Å². The molecule has 20 heavy (non-hydrogen) atoms. The molecule has 0 aliphatic rings. The number of nitrogens with two attached hydrogens (primary N) is 1. The molecule has 0 atom stereocenters. The SMILES string of the molecule is CC(C)(C)c1nc(N)cc(NCCc2ccc(Cl)s2)n1. The van der Waals surface area contributed by atoms with Gasteiger partial charge in [0.2, 0.25) is 0 Å². The van der Waals surface area contributed by atoms with Gasteiger partial charge in [0.05, 0.1) is 4.34 Å². The highest BCUT2D eigenvalue weighted by Crippen LogP contribution is 2.23. The summed E-state index contributed by atoms with van der Waals surface area (Å²) in [6.45, 7) is 6.99. The summed E-state index contributed by atoms with van der Waals surface area (Å²) in [6, 6.07) is 5.72. The van der Waals surface area contributed by atoms with Crippen LogP contribution in [0.1, 0.15) is 31.5 Å². The third-order valence-electron chi connectivity index (χ3n) is 2.72. The standard InChI is InChI=1S/C14H19ClN4S/c1-14(2,3)13-18-11(16)8-12(19-13)17-7-6-9-4-5-10(15)20-9/h4-5,8H,6-7H2,1-3H3,(H3,16,17,18,19). The maximum absolute atomic E-state index is 5.91. The van der Waals surface area contributed by atoms with Gasteiger partial charge in [-0.3, -0.25) is 0 Å². The minimum Gasteiger partial charge on any atom is -0.384 e. The monoisotopic (exact) mass is 310 g/mol. The molecule has 2 heterocycles. The quantitative estimate of drug-likeness (QED) is 0.903. The first kappa shape index (κ1) is 15.1. The molecule has 3 N–H and O–H groups in total. The van der Waals surface area contributed by atoms with Gasteiger partial charge in [0.1, 0.15) is 17.5 Å². The average molecular weight is 311 g/mol. The molecule has 0 saturated heterocycles. The van der Waals surface area contributed by atoms with E-state index < -0.39 is 0 Å². The summed E-state index contributed by atoms with van der Waals surface area (Å²) in [5.74, 6) is 2.01. The van der Waals surface area contributed by atoms with Crippen LogP contribution in [-0.2, 0) is 11.8 Å². The van der Waals surface area contributed by atoms with Crippen molar-refractivity contribution in [3.63, 3.8) is 0 Å². The van der Waals surface area contributed by atoms with E-state index in [2.05, 4.69) is 36.1 Å². The van der Waals surface area contributed by atoms with Gasteiger partial charge in [-0.15, -0.1) is 11.3 Å². The third kappa shape index (κ3) is 4.08. The van der Waals surface area contributed by atoms with E-state index in [9.17, 15) is 0 Å². The topological polar surface area (TPSA) is 63.8 Å². The lowest BCUT2D eigenvalue weighted by Crippen LogP contribution is -2.18. The molecule has 0 radical (unpaired) electrons. The lowest BCUT2D eigenvalue weighted by molar-refractivity contribution is 0.547. The highest BCUT2D eigenvalue weighted by molar-refractivity contribution is 7.16. The first-order chi connectivity index (χ1) is 9.34. The molecule has 2 rings (SSSR count).